The van der Waals surface area contributed by atoms with Gasteiger partial charge in [-0.1, -0.05) is 13.3 Å². The molecule has 0 spiro atoms. The van der Waals surface area contributed by atoms with Crippen molar-refractivity contribution in [2.75, 3.05) is 6.54 Å². The minimum Gasteiger partial charge on any atom is -0.467 e. The normalized spacial score (nSPS) is 28.9. The summed E-state index contributed by atoms with van der Waals surface area (Å²) in [6, 6.07) is 3.63. The Morgan fingerprint density at radius 3 is 3.05 bits per heavy atom. The van der Waals surface area contributed by atoms with Gasteiger partial charge in [0, 0.05) is 13.0 Å². The molecule has 2 fully saturated rings. The molecule has 3 rings (SSSR count). The lowest BCUT2D eigenvalue weighted by atomic mass is 9.88. The first-order chi connectivity index (χ1) is 10.6. The van der Waals surface area contributed by atoms with Crippen molar-refractivity contribution in [2.24, 2.45) is 11.8 Å². The van der Waals surface area contributed by atoms with Crippen LogP contribution >= 0.6 is 0 Å². The number of carbonyl (C=O) groups is 2. The fraction of sp³-hybridized carbons (Fsp3) is 0.647. The van der Waals surface area contributed by atoms with Crippen LogP contribution in [0.2, 0.25) is 0 Å². The average Bonchev–Trinajstić information content (AvgIpc) is 3.10. The third-order valence-corrected chi connectivity index (χ3v) is 4.65. The maximum absolute atomic E-state index is 12.3. The van der Waals surface area contributed by atoms with Crippen molar-refractivity contribution in [3.05, 3.63) is 24.2 Å². The molecule has 22 heavy (non-hydrogen) atoms. The molecule has 1 saturated carbocycles. The molecule has 1 aromatic rings. The largest absolute Gasteiger partial charge is 0.467 e. The molecule has 2 heterocycles. The van der Waals surface area contributed by atoms with Gasteiger partial charge in [-0.2, -0.15) is 0 Å². The van der Waals surface area contributed by atoms with E-state index in [-0.39, 0.29) is 30.3 Å². The van der Waals surface area contributed by atoms with Crippen LogP contribution in [0.15, 0.2) is 22.8 Å². The minimum absolute atomic E-state index is 0.00429. The minimum atomic E-state index is -0.334. The fourth-order valence-corrected chi connectivity index (χ4v) is 3.42. The number of ether oxygens (including phenoxy) is 1. The lowest BCUT2D eigenvalue weighted by molar-refractivity contribution is -0.156. The summed E-state index contributed by atoms with van der Waals surface area (Å²) in [4.78, 5) is 26.0. The topological polar surface area (TPSA) is 59.8 Å². The highest BCUT2D eigenvalue weighted by Crippen LogP contribution is 2.28. The highest BCUT2D eigenvalue weighted by molar-refractivity contribution is 5.86. The summed E-state index contributed by atoms with van der Waals surface area (Å²) in [5, 5.41) is 0. The Balaban J connectivity index is 1.52. The van der Waals surface area contributed by atoms with Gasteiger partial charge in [-0.3, -0.25) is 9.59 Å². The predicted octanol–water partition coefficient (Wildman–Crippen LogP) is 2.75. The van der Waals surface area contributed by atoms with Crippen LogP contribution in [0.3, 0.4) is 0 Å². The number of amides is 1. The molecule has 120 valence electrons. The molecule has 1 saturated heterocycles. The molecule has 3 unspecified atom stereocenters. The van der Waals surface area contributed by atoms with Crippen molar-refractivity contribution in [2.45, 2.75) is 51.7 Å². The number of likely N-dealkylation sites (tertiary alicyclic amines) is 1. The summed E-state index contributed by atoms with van der Waals surface area (Å²) >= 11 is 0. The van der Waals surface area contributed by atoms with Gasteiger partial charge in [-0.05, 0) is 37.3 Å². The third kappa shape index (κ3) is 3.51. The molecular formula is C17H23NO4. The van der Waals surface area contributed by atoms with Gasteiger partial charge in [0.05, 0.1) is 18.7 Å². The van der Waals surface area contributed by atoms with Gasteiger partial charge in [0.1, 0.15) is 11.9 Å². The average molecular weight is 305 g/mol. The smallest absolute Gasteiger partial charge is 0.311 e. The van der Waals surface area contributed by atoms with E-state index in [2.05, 4.69) is 6.92 Å². The van der Waals surface area contributed by atoms with Gasteiger partial charge in [0.25, 0.3) is 0 Å². The molecule has 1 aliphatic carbocycles. The van der Waals surface area contributed by atoms with E-state index in [9.17, 15) is 9.59 Å². The molecule has 1 aliphatic heterocycles. The molecule has 0 radical (unpaired) electrons. The zero-order valence-corrected chi connectivity index (χ0v) is 13.0. The number of rotatable bonds is 4. The van der Waals surface area contributed by atoms with Crippen LogP contribution < -0.4 is 0 Å². The van der Waals surface area contributed by atoms with Gasteiger partial charge in [0.2, 0.25) is 5.91 Å². The summed E-state index contributed by atoms with van der Waals surface area (Å²) in [6.07, 6.45) is 6.11. The maximum atomic E-state index is 12.3. The second-order valence-corrected chi connectivity index (χ2v) is 6.59. The summed E-state index contributed by atoms with van der Waals surface area (Å²) in [6.45, 7) is 3.06. The first kappa shape index (κ1) is 15.1. The molecule has 0 aromatic carbocycles. The van der Waals surface area contributed by atoms with Gasteiger partial charge in [-0.15, -0.1) is 0 Å². The highest BCUT2D eigenvalue weighted by atomic mass is 16.5. The molecular weight excluding hydrogens is 282 g/mol. The molecule has 5 nitrogen and oxygen atoms in total. The van der Waals surface area contributed by atoms with Crippen LogP contribution in [-0.2, 0) is 20.9 Å². The first-order valence-corrected chi connectivity index (χ1v) is 8.12. The third-order valence-electron chi connectivity index (χ3n) is 4.65. The quantitative estimate of drug-likeness (QED) is 0.803. The Labute approximate surface area is 130 Å². The zero-order valence-electron chi connectivity index (χ0n) is 13.0. The Bertz CT molecular complexity index is 525. The Hall–Kier alpha value is -1.78. The van der Waals surface area contributed by atoms with E-state index in [1.807, 2.05) is 6.07 Å². The molecule has 5 heteroatoms. The lowest BCUT2D eigenvalue weighted by Crippen LogP contribution is -2.30. The standard InChI is InChI=1S/C17H23NO4/c1-12-4-2-5-14(8-12)22-17(20)13-9-16(19)18(10-13)11-15-6-3-7-21-15/h3,6-7,12-14H,2,4-5,8-11H2,1H3. The van der Waals surface area contributed by atoms with Gasteiger partial charge >= 0.3 is 5.97 Å². The Kier molecular flexibility index (Phi) is 4.50. The second-order valence-electron chi connectivity index (χ2n) is 6.59. The highest BCUT2D eigenvalue weighted by Gasteiger charge is 2.37. The van der Waals surface area contributed by atoms with Crippen LogP contribution in [0, 0.1) is 11.8 Å². The zero-order chi connectivity index (χ0) is 15.5. The van der Waals surface area contributed by atoms with Gasteiger partial charge < -0.3 is 14.1 Å². The van der Waals surface area contributed by atoms with Crippen molar-refractivity contribution < 1.29 is 18.7 Å². The van der Waals surface area contributed by atoms with Crippen molar-refractivity contribution in [1.82, 2.24) is 4.90 Å². The van der Waals surface area contributed by atoms with Crippen LogP contribution in [-0.4, -0.2) is 29.4 Å². The van der Waals surface area contributed by atoms with Crippen LogP contribution in [0.5, 0.6) is 0 Å². The predicted molar refractivity (Wildman–Crippen MR) is 79.7 cm³/mol. The van der Waals surface area contributed by atoms with Crippen molar-refractivity contribution in [3.63, 3.8) is 0 Å². The summed E-state index contributed by atoms with van der Waals surface area (Å²) in [7, 11) is 0. The molecule has 3 atom stereocenters. The van der Waals surface area contributed by atoms with Gasteiger partial charge in [0.15, 0.2) is 0 Å². The number of nitrogens with zero attached hydrogens (tertiary/aromatic N) is 1. The van der Waals surface area contributed by atoms with E-state index in [1.165, 1.54) is 6.42 Å². The van der Waals surface area contributed by atoms with Crippen molar-refractivity contribution in [3.8, 4) is 0 Å². The van der Waals surface area contributed by atoms with E-state index in [0.717, 1.165) is 25.0 Å². The van der Waals surface area contributed by atoms with Crippen LogP contribution in [0.25, 0.3) is 0 Å². The molecule has 1 amide bonds. The summed E-state index contributed by atoms with van der Waals surface area (Å²) in [5.41, 5.74) is 0. The fourth-order valence-electron chi connectivity index (χ4n) is 3.42. The lowest BCUT2D eigenvalue weighted by Gasteiger charge is -2.27. The van der Waals surface area contributed by atoms with E-state index in [0.29, 0.717) is 19.0 Å². The monoisotopic (exact) mass is 305 g/mol. The second kappa shape index (κ2) is 6.55. The van der Waals surface area contributed by atoms with Gasteiger partial charge in [-0.25, -0.2) is 0 Å². The van der Waals surface area contributed by atoms with Crippen LogP contribution in [0.1, 0.15) is 44.8 Å². The molecule has 2 aliphatic rings. The Morgan fingerprint density at radius 1 is 1.45 bits per heavy atom. The molecule has 0 N–H and O–H groups in total. The Morgan fingerprint density at radius 2 is 2.32 bits per heavy atom. The van der Waals surface area contributed by atoms with Crippen LogP contribution in [0.4, 0.5) is 0 Å². The van der Waals surface area contributed by atoms with E-state index in [4.69, 9.17) is 9.15 Å². The SMILES string of the molecule is CC1CCCC(OC(=O)C2CC(=O)N(Cc3ccco3)C2)C1. The summed E-state index contributed by atoms with van der Waals surface area (Å²) < 4.78 is 10.9. The summed E-state index contributed by atoms with van der Waals surface area (Å²) in [5.74, 6) is 0.806. The van der Waals surface area contributed by atoms with E-state index >= 15 is 0 Å². The van der Waals surface area contributed by atoms with Crippen molar-refractivity contribution in [1.29, 1.82) is 0 Å². The van der Waals surface area contributed by atoms with Crippen molar-refractivity contribution >= 4 is 11.9 Å². The maximum Gasteiger partial charge on any atom is 0.311 e. The van der Waals surface area contributed by atoms with E-state index < -0.39 is 0 Å². The van der Waals surface area contributed by atoms with E-state index in [1.54, 1.807) is 17.2 Å². The number of furan rings is 1. The number of esters is 1. The number of carbonyl (C=O) groups excluding carboxylic acids is 2. The molecule has 1 aromatic heterocycles. The number of hydrogen-bond donors (Lipinski definition) is 0. The molecule has 0 bridgehead atoms. The number of hydrogen-bond acceptors (Lipinski definition) is 4. The first-order valence-electron chi connectivity index (χ1n) is 8.12.